The molecule has 1 aliphatic heterocycles. The molecule has 1 aromatic carbocycles. The van der Waals surface area contributed by atoms with Crippen LogP contribution in [0.25, 0.3) is 0 Å². The molecule has 1 aliphatic rings. The summed E-state index contributed by atoms with van der Waals surface area (Å²) in [5, 5.41) is 23.2. The van der Waals surface area contributed by atoms with Crippen LogP contribution in [0.2, 0.25) is 0 Å². The second-order valence-corrected chi connectivity index (χ2v) is 7.99. The van der Waals surface area contributed by atoms with Gasteiger partial charge >= 0.3 is 0 Å². The van der Waals surface area contributed by atoms with Gasteiger partial charge in [-0.1, -0.05) is 6.07 Å². The third kappa shape index (κ3) is 8.27. The molecule has 6 nitrogen and oxygen atoms in total. The van der Waals surface area contributed by atoms with Crippen LogP contribution >= 0.6 is 11.8 Å². The Morgan fingerprint density at radius 2 is 2.07 bits per heavy atom. The Hall–Kier alpha value is -0.990. The molecule has 0 amide bonds. The molecule has 1 aromatic rings. The van der Waals surface area contributed by atoms with Crippen molar-refractivity contribution in [3.8, 4) is 11.5 Å². The quantitative estimate of drug-likeness (QED) is 0.463. The van der Waals surface area contributed by atoms with Crippen LogP contribution in [0, 0.1) is 0 Å². The van der Waals surface area contributed by atoms with E-state index in [0.717, 1.165) is 51.0 Å². The zero-order chi connectivity index (χ0) is 19.5. The third-order valence-corrected chi connectivity index (χ3v) is 5.41. The van der Waals surface area contributed by atoms with E-state index in [2.05, 4.69) is 16.5 Å². The van der Waals surface area contributed by atoms with Crippen molar-refractivity contribution >= 4 is 11.8 Å². The summed E-state index contributed by atoms with van der Waals surface area (Å²) in [6.45, 7) is 4.23. The van der Waals surface area contributed by atoms with Crippen molar-refractivity contribution < 1.29 is 19.7 Å². The average molecular weight is 399 g/mol. The SMILES string of the molecule is COc1cc(CNCCCSC)ccc1OC[C@H](O)CN1CCC(O)CC1. The fourth-order valence-electron chi connectivity index (χ4n) is 3.15. The van der Waals surface area contributed by atoms with Gasteiger partial charge in [0.25, 0.3) is 0 Å². The van der Waals surface area contributed by atoms with Crippen LogP contribution in [-0.4, -0.2) is 79.2 Å². The lowest BCUT2D eigenvalue weighted by molar-refractivity contribution is 0.0333. The van der Waals surface area contributed by atoms with Gasteiger partial charge in [0.15, 0.2) is 11.5 Å². The molecule has 1 saturated heterocycles. The maximum atomic E-state index is 10.3. The molecule has 0 unspecified atom stereocenters. The third-order valence-electron chi connectivity index (χ3n) is 4.72. The van der Waals surface area contributed by atoms with Crippen LogP contribution < -0.4 is 14.8 Å². The molecule has 3 N–H and O–H groups in total. The summed E-state index contributed by atoms with van der Waals surface area (Å²) in [6, 6.07) is 5.91. The van der Waals surface area contributed by atoms with Crippen molar-refractivity contribution in [1.82, 2.24) is 10.2 Å². The van der Waals surface area contributed by atoms with Gasteiger partial charge in [-0.25, -0.2) is 0 Å². The van der Waals surface area contributed by atoms with Gasteiger partial charge < -0.3 is 29.9 Å². The number of piperidine rings is 1. The lowest BCUT2D eigenvalue weighted by atomic mass is 10.1. The predicted molar refractivity (Wildman–Crippen MR) is 111 cm³/mol. The number of thioether (sulfide) groups is 1. The van der Waals surface area contributed by atoms with Crippen molar-refractivity contribution in [3.05, 3.63) is 23.8 Å². The monoisotopic (exact) mass is 398 g/mol. The minimum absolute atomic E-state index is 0.197. The van der Waals surface area contributed by atoms with E-state index in [1.54, 1.807) is 7.11 Å². The highest BCUT2D eigenvalue weighted by Gasteiger charge is 2.19. The number of hydrogen-bond acceptors (Lipinski definition) is 7. The Labute approximate surface area is 167 Å². The van der Waals surface area contributed by atoms with Crippen LogP contribution in [0.4, 0.5) is 0 Å². The lowest BCUT2D eigenvalue weighted by Gasteiger charge is -2.30. The molecule has 7 heteroatoms. The maximum absolute atomic E-state index is 10.3. The lowest BCUT2D eigenvalue weighted by Crippen LogP contribution is -2.41. The fraction of sp³-hybridized carbons (Fsp3) is 0.700. The zero-order valence-corrected chi connectivity index (χ0v) is 17.3. The Kier molecular flexibility index (Phi) is 10.3. The van der Waals surface area contributed by atoms with Crippen LogP contribution in [0.1, 0.15) is 24.8 Å². The first kappa shape index (κ1) is 22.3. The summed E-state index contributed by atoms with van der Waals surface area (Å²) in [4.78, 5) is 2.17. The van der Waals surface area contributed by atoms with Crippen LogP contribution in [-0.2, 0) is 6.54 Å². The van der Waals surface area contributed by atoms with Crippen molar-refractivity contribution in [2.24, 2.45) is 0 Å². The molecule has 0 saturated carbocycles. The molecule has 0 aliphatic carbocycles. The Morgan fingerprint density at radius 1 is 1.30 bits per heavy atom. The second kappa shape index (κ2) is 12.5. The van der Waals surface area contributed by atoms with Crippen molar-refractivity contribution in [1.29, 1.82) is 0 Å². The van der Waals surface area contributed by atoms with E-state index in [9.17, 15) is 10.2 Å². The van der Waals surface area contributed by atoms with E-state index in [1.165, 1.54) is 5.75 Å². The van der Waals surface area contributed by atoms with E-state index >= 15 is 0 Å². The number of ether oxygens (including phenoxy) is 2. The second-order valence-electron chi connectivity index (χ2n) is 7.00. The minimum Gasteiger partial charge on any atom is -0.493 e. The number of hydrogen-bond donors (Lipinski definition) is 3. The summed E-state index contributed by atoms with van der Waals surface area (Å²) in [5.74, 6) is 2.51. The first-order chi connectivity index (χ1) is 13.1. The van der Waals surface area contributed by atoms with Crippen molar-refractivity contribution in [3.63, 3.8) is 0 Å². The van der Waals surface area contributed by atoms with E-state index in [0.29, 0.717) is 18.0 Å². The normalized spacial score (nSPS) is 17.0. The first-order valence-electron chi connectivity index (χ1n) is 9.70. The predicted octanol–water partition coefficient (Wildman–Crippen LogP) is 1.73. The highest BCUT2D eigenvalue weighted by atomic mass is 32.2. The van der Waals surface area contributed by atoms with Gasteiger partial charge in [-0.3, -0.25) is 0 Å². The number of nitrogens with zero attached hydrogens (tertiary/aromatic N) is 1. The van der Waals surface area contributed by atoms with Gasteiger partial charge in [0.1, 0.15) is 12.7 Å². The molecule has 0 aromatic heterocycles. The smallest absolute Gasteiger partial charge is 0.161 e. The van der Waals surface area contributed by atoms with E-state index in [1.807, 2.05) is 30.0 Å². The number of nitrogens with one attached hydrogen (secondary N) is 1. The highest BCUT2D eigenvalue weighted by Crippen LogP contribution is 2.28. The number of rotatable bonds is 12. The molecule has 0 bridgehead atoms. The molecule has 1 heterocycles. The maximum Gasteiger partial charge on any atom is 0.161 e. The largest absolute Gasteiger partial charge is 0.493 e. The van der Waals surface area contributed by atoms with Gasteiger partial charge in [-0.05, 0) is 55.5 Å². The molecule has 27 heavy (non-hydrogen) atoms. The Bertz CT molecular complexity index is 539. The number of methoxy groups -OCH3 is 1. The molecular weight excluding hydrogens is 364 g/mol. The van der Waals surface area contributed by atoms with Gasteiger partial charge in [0, 0.05) is 26.2 Å². The average Bonchev–Trinajstić information content (AvgIpc) is 2.68. The number of benzene rings is 1. The van der Waals surface area contributed by atoms with Gasteiger partial charge in [-0.15, -0.1) is 0 Å². The molecule has 1 fully saturated rings. The van der Waals surface area contributed by atoms with Gasteiger partial charge in [0.2, 0.25) is 0 Å². The fourth-order valence-corrected chi connectivity index (χ4v) is 3.59. The number of β-amino-alcohol motifs (C(OH)–C–C–N with tert-alkyl or cyclic N) is 1. The molecule has 1 atom stereocenters. The molecule has 2 rings (SSSR count). The van der Waals surface area contributed by atoms with E-state index in [-0.39, 0.29) is 12.7 Å². The van der Waals surface area contributed by atoms with Crippen LogP contribution in [0.5, 0.6) is 11.5 Å². The minimum atomic E-state index is -0.567. The summed E-state index contributed by atoms with van der Waals surface area (Å²) in [7, 11) is 1.63. The number of likely N-dealkylation sites (tertiary alicyclic amines) is 1. The zero-order valence-electron chi connectivity index (χ0n) is 16.5. The molecular formula is C20H34N2O4S. The molecule has 0 radical (unpaired) electrons. The Balaban J connectivity index is 1.76. The van der Waals surface area contributed by atoms with E-state index in [4.69, 9.17) is 9.47 Å². The summed E-state index contributed by atoms with van der Waals surface area (Å²) in [6.07, 6.45) is 4.06. The van der Waals surface area contributed by atoms with Crippen molar-refractivity contribution in [2.45, 2.75) is 38.0 Å². The molecule has 0 spiro atoms. The van der Waals surface area contributed by atoms with Gasteiger partial charge in [0.05, 0.1) is 13.2 Å². The highest BCUT2D eigenvalue weighted by molar-refractivity contribution is 7.98. The summed E-state index contributed by atoms with van der Waals surface area (Å²) < 4.78 is 11.2. The van der Waals surface area contributed by atoms with Crippen molar-refractivity contribution in [2.75, 3.05) is 51.9 Å². The topological polar surface area (TPSA) is 74.2 Å². The first-order valence-corrected chi connectivity index (χ1v) is 11.1. The number of aliphatic hydroxyl groups excluding tert-OH is 2. The number of aliphatic hydroxyl groups is 2. The van der Waals surface area contributed by atoms with E-state index < -0.39 is 6.10 Å². The Morgan fingerprint density at radius 3 is 2.78 bits per heavy atom. The van der Waals surface area contributed by atoms with Crippen LogP contribution in [0.15, 0.2) is 18.2 Å². The summed E-state index contributed by atoms with van der Waals surface area (Å²) in [5.41, 5.74) is 1.15. The summed E-state index contributed by atoms with van der Waals surface area (Å²) >= 11 is 1.86. The molecule has 154 valence electrons. The van der Waals surface area contributed by atoms with Crippen LogP contribution in [0.3, 0.4) is 0 Å². The van der Waals surface area contributed by atoms with Gasteiger partial charge in [-0.2, -0.15) is 11.8 Å². The standard InChI is InChI=1S/C20H34N2O4S/c1-25-20-12-16(13-21-8-3-11-27-2)4-5-19(20)26-15-18(24)14-22-9-6-17(23)7-10-22/h4-5,12,17-18,21,23-24H,3,6-11,13-15H2,1-2H3/t18-/m1/s1.